The van der Waals surface area contributed by atoms with Gasteiger partial charge in [0.05, 0.1) is 17.9 Å². The first-order valence-electron chi connectivity index (χ1n) is 15.0. The average molecular weight is 588 g/mol. The largest absolute Gasteiger partial charge is 0.501 e. The van der Waals surface area contributed by atoms with E-state index in [0.29, 0.717) is 29.1 Å². The zero-order valence-electron chi connectivity index (χ0n) is 25.7. The van der Waals surface area contributed by atoms with Crippen LogP contribution in [0.3, 0.4) is 0 Å². The molecule has 4 unspecified atom stereocenters. The molecule has 2 fully saturated rings. The van der Waals surface area contributed by atoms with Crippen LogP contribution in [0, 0.1) is 37.5 Å². The number of allylic oxidation sites excluding steroid dienone is 2. The maximum absolute atomic E-state index is 12.5. The van der Waals surface area contributed by atoms with Gasteiger partial charge in [-0.2, -0.15) is 4.31 Å². The smallest absolute Gasteiger partial charge is 0.243 e. The number of fused-ring (bicyclic) bond motifs is 2. The molecule has 3 aliphatic rings. The van der Waals surface area contributed by atoms with Crippen LogP contribution < -0.4 is 0 Å². The second-order valence-electron chi connectivity index (χ2n) is 11.9. The van der Waals surface area contributed by atoms with Crippen molar-refractivity contribution in [3.8, 4) is 0 Å². The van der Waals surface area contributed by atoms with Crippen molar-refractivity contribution >= 4 is 15.8 Å². The van der Waals surface area contributed by atoms with E-state index < -0.39 is 10.0 Å². The molecule has 0 spiro atoms. The molecule has 1 aliphatic heterocycles. The molecular weight excluding hydrogens is 542 g/mol. The van der Waals surface area contributed by atoms with Crippen LogP contribution in [0.1, 0.15) is 56.2 Å². The van der Waals surface area contributed by atoms with E-state index in [1.54, 1.807) is 35.7 Å². The minimum absolute atomic E-state index is 0.0681. The minimum atomic E-state index is -3.29. The molecule has 0 aromatic heterocycles. The lowest BCUT2D eigenvalue weighted by Gasteiger charge is -2.23. The molecule has 1 heterocycles. The van der Waals surface area contributed by atoms with E-state index in [2.05, 4.69) is 70.2 Å². The van der Waals surface area contributed by atoms with E-state index in [0.717, 1.165) is 18.6 Å². The molecule has 224 valence electrons. The standard InChI is InChI=1S/C17H20O2.C12H17NO2S.C7H8/c1-10-4-6-12(7-5-10)15-11(2)13-8-9-14(19-3)16(15)17(13)18;1-10-8-9-13(11(10)2)16(14,15)12-6-4-3-5-7-12;1-7-5-3-2-4-6-7/h4-7,9,11,13,15-16H,8H2,1-3H3;3-7,10-11H,8-9H2,1-2H3;2-6H,1H3/t;10-,11+;/m.0./s1. The van der Waals surface area contributed by atoms with Gasteiger partial charge in [-0.25, -0.2) is 8.42 Å². The molecule has 3 aromatic carbocycles. The lowest BCUT2D eigenvalue weighted by Crippen LogP contribution is -2.35. The Labute approximate surface area is 252 Å². The highest BCUT2D eigenvalue weighted by Gasteiger charge is 2.52. The normalized spacial score (nSPS) is 26.8. The maximum Gasteiger partial charge on any atom is 0.243 e. The van der Waals surface area contributed by atoms with Gasteiger partial charge in [0.2, 0.25) is 10.0 Å². The van der Waals surface area contributed by atoms with Gasteiger partial charge in [0.1, 0.15) is 11.5 Å². The fraction of sp³-hybridized carbons (Fsp3) is 0.417. The Hall–Kier alpha value is -3.22. The fourth-order valence-corrected chi connectivity index (χ4v) is 8.16. The number of rotatable bonds is 4. The van der Waals surface area contributed by atoms with E-state index in [-0.39, 0.29) is 23.8 Å². The van der Waals surface area contributed by atoms with Crippen LogP contribution in [0.2, 0.25) is 0 Å². The number of hydrogen-bond acceptors (Lipinski definition) is 4. The molecular formula is C36H45NO4S. The molecule has 2 bridgehead atoms. The van der Waals surface area contributed by atoms with E-state index in [9.17, 15) is 13.2 Å². The molecule has 5 nitrogen and oxygen atoms in total. The molecule has 42 heavy (non-hydrogen) atoms. The highest BCUT2D eigenvalue weighted by atomic mass is 32.2. The Morgan fingerprint density at radius 1 is 0.810 bits per heavy atom. The summed E-state index contributed by atoms with van der Waals surface area (Å²) < 4.78 is 31.7. The number of nitrogens with zero attached hydrogens (tertiary/aromatic N) is 1. The molecule has 2 aliphatic carbocycles. The number of carbonyl (C=O) groups excluding carboxylic acids is 1. The summed E-state index contributed by atoms with van der Waals surface area (Å²) in [4.78, 5) is 12.9. The number of carbonyl (C=O) groups is 1. The summed E-state index contributed by atoms with van der Waals surface area (Å²) in [6.07, 6.45) is 3.90. The minimum Gasteiger partial charge on any atom is -0.501 e. The average Bonchev–Trinajstić information content (AvgIpc) is 3.40. The number of Topliss-reactive ketones (excluding diaryl/α,β-unsaturated/α-hetero) is 1. The van der Waals surface area contributed by atoms with Crippen LogP contribution in [0.4, 0.5) is 0 Å². The van der Waals surface area contributed by atoms with E-state index >= 15 is 0 Å². The summed E-state index contributed by atoms with van der Waals surface area (Å²) in [6.45, 7) is 11.1. The number of ketones is 1. The van der Waals surface area contributed by atoms with Crippen molar-refractivity contribution in [2.75, 3.05) is 13.7 Å². The highest BCUT2D eigenvalue weighted by Crippen LogP contribution is 2.52. The molecule has 3 aromatic rings. The number of hydrogen-bond donors (Lipinski definition) is 0. The first-order valence-corrected chi connectivity index (χ1v) is 16.4. The highest BCUT2D eigenvalue weighted by molar-refractivity contribution is 7.89. The van der Waals surface area contributed by atoms with Crippen LogP contribution in [0.5, 0.6) is 0 Å². The van der Waals surface area contributed by atoms with Gasteiger partial charge in [0.25, 0.3) is 0 Å². The first kappa shape index (κ1) is 31.7. The third-order valence-corrected chi connectivity index (χ3v) is 11.2. The Bertz CT molecular complexity index is 1450. The van der Waals surface area contributed by atoms with Gasteiger partial charge in [0.15, 0.2) is 0 Å². The van der Waals surface area contributed by atoms with Gasteiger partial charge in [-0.05, 0) is 69.2 Å². The molecule has 1 saturated carbocycles. The SMILES string of the molecule is COC1=CCC2C(=O)C1C(c1ccc(C)cc1)C2C.C[C@@H]1[C@@H](C)CCN1S(=O)(=O)c1ccccc1.Cc1ccccc1. The number of benzene rings is 3. The second kappa shape index (κ2) is 13.8. The molecule has 6 atom stereocenters. The quantitative estimate of drug-likeness (QED) is 0.316. The summed E-state index contributed by atoms with van der Waals surface area (Å²) in [5.41, 5.74) is 3.84. The summed E-state index contributed by atoms with van der Waals surface area (Å²) in [5, 5.41) is 0. The molecule has 6 rings (SSSR count). The summed E-state index contributed by atoms with van der Waals surface area (Å²) in [6, 6.07) is 27.6. The summed E-state index contributed by atoms with van der Waals surface area (Å²) in [7, 11) is -1.61. The number of sulfonamides is 1. The Kier molecular flexibility index (Phi) is 10.4. The van der Waals surface area contributed by atoms with Crippen molar-refractivity contribution in [2.45, 2.75) is 64.3 Å². The molecule has 6 heteroatoms. The van der Waals surface area contributed by atoms with Crippen molar-refractivity contribution in [2.24, 2.45) is 23.7 Å². The monoisotopic (exact) mass is 587 g/mol. The third kappa shape index (κ3) is 6.87. The van der Waals surface area contributed by atoms with Crippen molar-refractivity contribution in [3.63, 3.8) is 0 Å². The molecule has 1 saturated heterocycles. The van der Waals surface area contributed by atoms with Gasteiger partial charge < -0.3 is 4.74 Å². The van der Waals surface area contributed by atoms with Crippen LogP contribution in [0.25, 0.3) is 0 Å². The van der Waals surface area contributed by atoms with Crippen molar-refractivity contribution in [1.82, 2.24) is 4.31 Å². The van der Waals surface area contributed by atoms with E-state index in [1.165, 1.54) is 16.7 Å². The Morgan fingerprint density at radius 2 is 1.38 bits per heavy atom. The van der Waals surface area contributed by atoms with Crippen LogP contribution >= 0.6 is 0 Å². The van der Waals surface area contributed by atoms with Crippen molar-refractivity contribution in [3.05, 3.63) is 113 Å². The Morgan fingerprint density at radius 3 is 1.88 bits per heavy atom. The van der Waals surface area contributed by atoms with Gasteiger partial charge in [-0.15, -0.1) is 0 Å². The van der Waals surface area contributed by atoms with Crippen LogP contribution in [0.15, 0.2) is 102 Å². The van der Waals surface area contributed by atoms with E-state index in [1.807, 2.05) is 31.2 Å². The summed E-state index contributed by atoms with van der Waals surface area (Å²) >= 11 is 0. The number of aryl methyl sites for hydroxylation is 2. The predicted molar refractivity (Wildman–Crippen MR) is 170 cm³/mol. The van der Waals surface area contributed by atoms with Gasteiger partial charge in [0, 0.05) is 24.4 Å². The topological polar surface area (TPSA) is 63.7 Å². The van der Waals surface area contributed by atoms with Crippen molar-refractivity contribution in [1.29, 1.82) is 0 Å². The zero-order valence-corrected chi connectivity index (χ0v) is 26.6. The molecule has 0 radical (unpaired) electrons. The maximum atomic E-state index is 12.5. The first-order chi connectivity index (χ1) is 20.1. The lowest BCUT2D eigenvalue weighted by molar-refractivity contribution is -0.124. The summed E-state index contributed by atoms with van der Waals surface area (Å²) in [5.74, 6) is 2.46. The van der Waals surface area contributed by atoms with Gasteiger partial charge >= 0.3 is 0 Å². The number of methoxy groups -OCH3 is 1. The Balaban J connectivity index is 0.000000159. The van der Waals surface area contributed by atoms with Crippen LogP contribution in [-0.4, -0.2) is 38.2 Å². The molecule has 0 amide bonds. The third-order valence-electron chi connectivity index (χ3n) is 9.18. The van der Waals surface area contributed by atoms with Crippen LogP contribution in [-0.2, 0) is 19.6 Å². The lowest BCUT2D eigenvalue weighted by atomic mass is 9.83. The number of ether oxygens (including phenoxy) is 1. The van der Waals surface area contributed by atoms with Crippen molar-refractivity contribution < 1.29 is 17.9 Å². The predicted octanol–water partition coefficient (Wildman–Crippen LogP) is 7.56. The van der Waals surface area contributed by atoms with Gasteiger partial charge in [-0.3, -0.25) is 4.79 Å². The second-order valence-corrected chi connectivity index (χ2v) is 13.8. The van der Waals surface area contributed by atoms with E-state index in [4.69, 9.17) is 4.74 Å². The fourth-order valence-electron chi connectivity index (χ4n) is 6.39. The zero-order chi connectivity index (χ0) is 30.4. The molecule has 0 N–H and O–H groups in total. The van der Waals surface area contributed by atoms with Gasteiger partial charge in [-0.1, -0.05) is 97.8 Å².